The van der Waals surface area contributed by atoms with Gasteiger partial charge in [-0.2, -0.15) is 0 Å². The van der Waals surface area contributed by atoms with E-state index in [1.807, 2.05) is 6.92 Å². The van der Waals surface area contributed by atoms with Crippen LogP contribution >= 0.6 is 11.6 Å². The molecule has 17 heavy (non-hydrogen) atoms. The zero-order valence-electron chi connectivity index (χ0n) is 9.27. The van der Waals surface area contributed by atoms with Crippen LogP contribution in [0.15, 0.2) is 42.6 Å². The molecule has 0 spiro atoms. The van der Waals surface area contributed by atoms with Crippen LogP contribution in [0, 0.1) is 6.92 Å². The van der Waals surface area contributed by atoms with Crippen LogP contribution < -0.4 is 5.32 Å². The van der Waals surface area contributed by atoms with Crippen molar-refractivity contribution in [3.05, 3.63) is 58.9 Å². The van der Waals surface area contributed by atoms with Gasteiger partial charge in [0.25, 0.3) is 5.91 Å². The van der Waals surface area contributed by atoms with Crippen molar-refractivity contribution in [1.82, 2.24) is 4.98 Å². The van der Waals surface area contributed by atoms with Gasteiger partial charge in [0, 0.05) is 17.6 Å². The first kappa shape index (κ1) is 11.6. The summed E-state index contributed by atoms with van der Waals surface area (Å²) in [5.41, 5.74) is 2.02. The second-order valence-electron chi connectivity index (χ2n) is 3.62. The third-order valence-corrected chi connectivity index (χ3v) is 2.60. The number of carbonyl (C=O) groups is 1. The van der Waals surface area contributed by atoms with Gasteiger partial charge in [0.15, 0.2) is 0 Å². The predicted molar refractivity (Wildman–Crippen MR) is 68.4 cm³/mol. The smallest absolute Gasteiger partial charge is 0.257 e. The summed E-state index contributed by atoms with van der Waals surface area (Å²) < 4.78 is 0. The number of amides is 1. The van der Waals surface area contributed by atoms with E-state index in [2.05, 4.69) is 10.3 Å². The number of pyridine rings is 1. The molecule has 1 aromatic heterocycles. The normalized spacial score (nSPS) is 10.0. The molecule has 0 aliphatic rings. The lowest BCUT2D eigenvalue weighted by Gasteiger charge is -2.06. The SMILES string of the molecule is Cc1cc(NC(=O)c2ccccc2Cl)ccn1. The van der Waals surface area contributed by atoms with Crippen molar-refractivity contribution in [2.45, 2.75) is 6.92 Å². The fourth-order valence-electron chi connectivity index (χ4n) is 1.47. The van der Waals surface area contributed by atoms with Crippen LogP contribution in [-0.2, 0) is 0 Å². The third-order valence-electron chi connectivity index (χ3n) is 2.27. The second-order valence-corrected chi connectivity index (χ2v) is 4.03. The molecule has 1 amide bonds. The Kier molecular flexibility index (Phi) is 3.40. The summed E-state index contributed by atoms with van der Waals surface area (Å²) in [6.45, 7) is 1.87. The average molecular weight is 247 g/mol. The van der Waals surface area contributed by atoms with Gasteiger partial charge in [-0.15, -0.1) is 0 Å². The van der Waals surface area contributed by atoms with Gasteiger partial charge in [-0.3, -0.25) is 9.78 Å². The number of benzene rings is 1. The highest BCUT2D eigenvalue weighted by atomic mass is 35.5. The molecule has 4 heteroatoms. The summed E-state index contributed by atoms with van der Waals surface area (Å²) in [6.07, 6.45) is 1.65. The van der Waals surface area contributed by atoms with Crippen LogP contribution in [0.3, 0.4) is 0 Å². The highest BCUT2D eigenvalue weighted by Gasteiger charge is 2.09. The largest absolute Gasteiger partial charge is 0.322 e. The van der Waals surface area contributed by atoms with E-state index in [0.717, 1.165) is 5.69 Å². The van der Waals surface area contributed by atoms with Gasteiger partial charge in [-0.1, -0.05) is 23.7 Å². The van der Waals surface area contributed by atoms with E-state index in [1.165, 1.54) is 0 Å². The number of anilines is 1. The highest BCUT2D eigenvalue weighted by Crippen LogP contribution is 2.17. The maximum Gasteiger partial charge on any atom is 0.257 e. The molecule has 0 aliphatic carbocycles. The number of rotatable bonds is 2. The van der Waals surface area contributed by atoms with Crippen LogP contribution in [0.1, 0.15) is 16.1 Å². The summed E-state index contributed by atoms with van der Waals surface area (Å²) in [5.74, 6) is -0.221. The fraction of sp³-hybridized carbons (Fsp3) is 0.0769. The first-order chi connectivity index (χ1) is 8.16. The van der Waals surface area contributed by atoms with E-state index < -0.39 is 0 Å². The highest BCUT2D eigenvalue weighted by molar-refractivity contribution is 6.34. The minimum atomic E-state index is -0.221. The maximum atomic E-state index is 11.9. The van der Waals surface area contributed by atoms with Crippen molar-refractivity contribution < 1.29 is 4.79 Å². The Morgan fingerprint density at radius 1 is 1.29 bits per heavy atom. The molecule has 2 rings (SSSR count). The van der Waals surface area contributed by atoms with Crippen molar-refractivity contribution in [2.24, 2.45) is 0 Å². The van der Waals surface area contributed by atoms with Crippen molar-refractivity contribution in [3.8, 4) is 0 Å². The summed E-state index contributed by atoms with van der Waals surface area (Å²) in [6, 6.07) is 10.5. The zero-order chi connectivity index (χ0) is 12.3. The summed E-state index contributed by atoms with van der Waals surface area (Å²) in [7, 11) is 0. The molecule has 0 saturated heterocycles. The third kappa shape index (κ3) is 2.82. The van der Waals surface area contributed by atoms with Crippen LogP contribution in [0.2, 0.25) is 5.02 Å². The van der Waals surface area contributed by atoms with Crippen molar-refractivity contribution in [1.29, 1.82) is 0 Å². The maximum absolute atomic E-state index is 11.9. The molecule has 0 saturated carbocycles. The second kappa shape index (κ2) is 4.97. The predicted octanol–water partition coefficient (Wildman–Crippen LogP) is 3.30. The van der Waals surface area contributed by atoms with Crippen LogP contribution in [0.25, 0.3) is 0 Å². The van der Waals surface area contributed by atoms with E-state index >= 15 is 0 Å². The molecule has 1 aromatic carbocycles. The molecule has 0 fully saturated rings. The molecule has 0 unspecified atom stereocenters. The topological polar surface area (TPSA) is 42.0 Å². The van der Waals surface area contributed by atoms with Gasteiger partial charge >= 0.3 is 0 Å². The minimum Gasteiger partial charge on any atom is -0.322 e. The molecule has 1 heterocycles. The lowest BCUT2D eigenvalue weighted by atomic mass is 10.2. The molecule has 0 atom stereocenters. The van der Waals surface area contributed by atoms with Gasteiger partial charge in [0.05, 0.1) is 10.6 Å². The number of hydrogen-bond acceptors (Lipinski definition) is 2. The molecule has 0 bridgehead atoms. The average Bonchev–Trinajstić information content (AvgIpc) is 2.29. The van der Waals surface area contributed by atoms with E-state index in [9.17, 15) is 4.79 Å². The number of aromatic nitrogens is 1. The van der Waals surface area contributed by atoms with E-state index in [-0.39, 0.29) is 5.91 Å². The summed E-state index contributed by atoms with van der Waals surface area (Å²) >= 11 is 5.94. The first-order valence-corrected chi connectivity index (χ1v) is 5.53. The van der Waals surface area contributed by atoms with Gasteiger partial charge in [0.2, 0.25) is 0 Å². The Balaban J connectivity index is 2.20. The van der Waals surface area contributed by atoms with E-state index in [4.69, 9.17) is 11.6 Å². The molecule has 0 radical (unpaired) electrons. The van der Waals surface area contributed by atoms with Crippen molar-refractivity contribution in [2.75, 3.05) is 5.32 Å². The van der Waals surface area contributed by atoms with Crippen molar-refractivity contribution in [3.63, 3.8) is 0 Å². The van der Waals surface area contributed by atoms with Gasteiger partial charge in [-0.25, -0.2) is 0 Å². The Morgan fingerprint density at radius 3 is 2.76 bits per heavy atom. The Bertz CT molecular complexity index is 555. The molecular weight excluding hydrogens is 236 g/mol. The van der Waals surface area contributed by atoms with Crippen molar-refractivity contribution >= 4 is 23.2 Å². The quantitative estimate of drug-likeness (QED) is 0.884. The van der Waals surface area contributed by atoms with E-state index in [0.29, 0.717) is 16.3 Å². The molecule has 3 nitrogen and oxygen atoms in total. The van der Waals surface area contributed by atoms with Crippen LogP contribution in [-0.4, -0.2) is 10.9 Å². The standard InChI is InChI=1S/C13H11ClN2O/c1-9-8-10(6-7-15-9)16-13(17)11-4-2-3-5-12(11)14/h2-8H,1H3,(H,15,16,17). The Hall–Kier alpha value is -1.87. The van der Waals surface area contributed by atoms with Gasteiger partial charge in [-0.05, 0) is 31.2 Å². The number of carbonyl (C=O) groups excluding carboxylic acids is 1. The Morgan fingerprint density at radius 2 is 2.06 bits per heavy atom. The minimum absolute atomic E-state index is 0.221. The monoisotopic (exact) mass is 246 g/mol. The molecule has 1 N–H and O–H groups in total. The van der Waals surface area contributed by atoms with Crippen LogP contribution in [0.4, 0.5) is 5.69 Å². The number of nitrogens with zero attached hydrogens (tertiary/aromatic N) is 1. The van der Waals surface area contributed by atoms with Gasteiger partial charge < -0.3 is 5.32 Å². The number of nitrogens with one attached hydrogen (secondary N) is 1. The lowest BCUT2D eigenvalue weighted by molar-refractivity contribution is 0.102. The molecule has 86 valence electrons. The molecule has 2 aromatic rings. The first-order valence-electron chi connectivity index (χ1n) is 5.15. The van der Waals surface area contributed by atoms with Gasteiger partial charge in [0.1, 0.15) is 0 Å². The summed E-state index contributed by atoms with van der Waals surface area (Å²) in [5, 5.41) is 3.22. The summed E-state index contributed by atoms with van der Waals surface area (Å²) in [4.78, 5) is 16.0. The fourth-order valence-corrected chi connectivity index (χ4v) is 1.69. The molecular formula is C13H11ClN2O. The van der Waals surface area contributed by atoms with Crippen LogP contribution in [0.5, 0.6) is 0 Å². The number of halogens is 1. The number of hydrogen-bond donors (Lipinski definition) is 1. The molecule has 0 aliphatic heterocycles. The lowest BCUT2D eigenvalue weighted by Crippen LogP contribution is -2.12. The Labute approximate surface area is 104 Å². The number of aryl methyl sites for hydroxylation is 1. The van der Waals surface area contributed by atoms with E-state index in [1.54, 1.807) is 42.6 Å². The zero-order valence-corrected chi connectivity index (χ0v) is 10.0.